The smallest absolute Gasteiger partial charge is 0.0779 e. The van der Waals surface area contributed by atoms with Gasteiger partial charge in [0.2, 0.25) is 0 Å². The van der Waals surface area contributed by atoms with Crippen molar-refractivity contribution in [2.75, 3.05) is 24.6 Å². The van der Waals surface area contributed by atoms with Gasteiger partial charge in [0.25, 0.3) is 0 Å². The van der Waals surface area contributed by atoms with Gasteiger partial charge in [-0.1, -0.05) is 38.0 Å². The molecule has 3 nitrogen and oxygen atoms in total. The molecular formula is C18H28N2O. The monoisotopic (exact) mass is 288 g/mol. The molecule has 3 heteroatoms. The molecule has 0 bridgehead atoms. The number of morpholine rings is 1. The van der Waals surface area contributed by atoms with Crippen molar-refractivity contribution in [3.63, 3.8) is 0 Å². The first-order valence-electron chi connectivity index (χ1n) is 8.51. The molecule has 1 aliphatic heterocycles. The third-order valence-electron chi connectivity index (χ3n) is 4.96. The van der Waals surface area contributed by atoms with Gasteiger partial charge in [-0.2, -0.15) is 0 Å². The molecule has 0 aromatic heterocycles. The molecule has 1 aliphatic carbocycles. The van der Waals surface area contributed by atoms with Crippen molar-refractivity contribution < 1.29 is 4.74 Å². The van der Waals surface area contributed by atoms with Gasteiger partial charge >= 0.3 is 0 Å². The second kappa shape index (κ2) is 6.80. The van der Waals surface area contributed by atoms with Crippen molar-refractivity contribution in [1.29, 1.82) is 0 Å². The highest BCUT2D eigenvalue weighted by atomic mass is 16.5. The van der Waals surface area contributed by atoms with Gasteiger partial charge in [-0.15, -0.1) is 0 Å². The topological polar surface area (TPSA) is 24.5 Å². The Labute approximate surface area is 128 Å². The van der Waals surface area contributed by atoms with Crippen LogP contribution in [0.1, 0.15) is 51.1 Å². The van der Waals surface area contributed by atoms with E-state index < -0.39 is 0 Å². The number of hydrogen-bond acceptors (Lipinski definition) is 3. The molecular weight excluding hydrogens is 260 g/mol. The van der Waals surface area contributed by atoms with Crippen LogP contribution in [0.25, 0.3) is 0 Å². The fraction of sp³-hybridized carbons (Fsp3) is 0.667. The van der Waals surface area contributed by atoms with Crippen LogP contribution < -0.4 is 10.2 Å². The van der Waals surface area contributed by atoms with Gasteiger partial charge < -0.3 is 15.0 Å². The Balaban J connectivity index is 1.88. The predicted octanol–water partition coefficient (Wildman–Crippen LogP) is 3.50. The molecule has 1 heterocycles. The normalized spacial score (nSPS) is 27.2. The van der Waals surface area contributed by atoms with Crippen molar-refractivity contribution in [2.45, 2.75) is 57.7 Å². The van der Waals surface area contributed by atoms with Crippen LogP contribution in [-0.4, -0.2) is 31.8 Å². The summed E-state index contributed by atoms with van der Waals surface area (Å²) in [4.78, 5) is 2.62. The zero-order valence-corrected chi connectivity index (χ0v) is 13.3. The average molecular weight is 288 g/mol. The molecule has 1 saturated heterocycles. The molecule has 3 rings (SSSR count). The Hall–Kier alpha value is -1.06. The van der Waals surface area contributed by atoms with E-state index in [-0.39, 0.29) is 0 Å². The summed E-state index contributed by atoms with van der Waals surface area (Å²) in [6.45, 7) is 7.33. The second-order valence-electron chi connectivity index (χ2n) is 6.29. The van der Waals surface area contributed by atoms with Gasteiger partial charge in [-0.05, 0) is 37.9 Å². The molecule has 116 valence electrons. The van der Waals surface area contributed by atoms with Crippen LogP contribution in [0.5, 0.6) is 0 Å². The number of nitrogens with zero attached hydrogens (tertiary/aromatic N) is 1. The lowest BCUT2D eigenvalue weighted by Gasteiger charge is -2.46. The molecule has 1 N–H and O–H groups in total. The van der Waals surface area contributed by atoms with Gasteiger partial charge in [0.1, 0.15) is 0 Å². The van der Waals surface area contributed by atoms with Crippen molar-refractivity contribution in [3.8, 4) is 0 Å². The number of ether oxygens (including phenoxy) is 1. The van der Waals surface area contributed by atoms with Gasteiger partial charge in [-0.3, -0.25) is 0 Å². The van der Waals surface area contributed by atoms with Crippen LogP contribution in [0.15, 0.2) is 24.3 Å². The number of anilines is 1. The first-order chi connectivity index (χ1) is 10.3. The molecule has 21 heavy (non-hydrogen) atoms. The van der Waals surface area contributed by atoms with Crippen LogP contribution in [0, 0.1) is 0 Å². The fourth-order valence-electron chi connectivity index (χ4n) is 3.93. The second-order valence-corrected chi connectivity index (χ2v) is 6.29. The van der Waals surface area contributed by atoms with Crippen LogP contribution in [0.4, 0.5) is 5.69 Å². The maximum Gasteiger partial charge on any atom is 0.0779 e. The lowest BCUT2D eigenvalue weighted by molar-refractivity contribution is -0.00876. The van der Waals surface area contributed by atoms with Gasteiger partial charge in [0.05, 0.1) is 18.8 Å². The summed E-state index contributed by atoms with van der Waals surface area (Å²) in [5.74, 6) is 0. The van der Waals surface area contributed by atoms with Crippen molar-refractivity contribution in [3.05, 3.63) is 29.8 Å². The Morgan fingerprint density at radius 3 is 2.95 bits per heavy atom. The van der Waals surface area contributed by atoms with Crippen LogP contribution in [-0.2, 0) is 4.74 Å². The van der Waals surface area contributed by atoms with Crippen molar-refractivity contribution in [2.24, 2.45) is 0 Å². The van der Waals surface area contributed by atoms with Crippen LogP contribution >= 0.6 is 0 Å². The first-order valence-corrected chi connectivity index (χ1v) is 8.51. The fourth-order valence-corrected chi connectivity index (χ4v) is 3.93. The summed E-state index contributed by atoms with van der Waals surface area (Å²) >= 11 is 0. The molecule has 3 atom stereocenters. The Morgan fingerprint density at radius 2 is 2.10 bits per heavy atom. The summed E-state index contributed by atoms with van der Waals surface area (Å²) in [5.41, 5.74) is 2.83. The number of rotatable bonds is 4. The SMILES string of the molecule is CCNC(C)c1ccccc1N1CCOC2CCCCC21. The van der Waals surface area contributed by atoms with E-state index in [0.29, 0.717) is 18.2 Å². The number of nitrogens with one attached hydrogen (secondary N) is 1. The van der Waals surface area contributed by atoms with E-state index in [0.717, 1.165) is 19.7 Å². The third-order valence-corrected chi connectivity index (χ3v) is 4.96. The van der Waals surface area contributed by atoms with Crippen molar-refractivity contribution in [1.82, 2.24) is 5.32 Å². The highest BCUT2D eigenvalue weighted by Gasteiger charge is 2.35. The summed E-state index contributed by atoms with van der Waals surface area (Å²) < 4.78 is 6.02. The number of fused-ring (bicyclic) bond motifs is 1. The molecule has 1 saturated carbocycles. The van der Waals surface area contributed by atoms with E-state index in [9.17, 15) is 0 Å². The number of hydrogen-bond donors (Lipinski definition) is 1. The van der Waals surface area contributed by atoms with Crippen molar-refractivity contribution >= 4 is 5.69 Å². The standard InChI is InChI=1S/C18H28N2O/c1-3-19-14(2)15-8-4-5-9-16(15)20-12-13-21-18-11-7-6-10-17(18)20/h4-5,8-9,14,17-19H,3,6-7,10-13H2,1-2H3. The minimum absolute atomic E-state index is 0.399. The highest BCUT2D eigenvalue weighted by Crippen LogP contribution is 2.35. The van der Waals surface area contributed by atoms with E-state index in [2.05, 4.69) is 48.3 Å². The molecule has 2 aliphatic rings. The number of benzene rings is 1. The minimum Gasteiger partial charge on any atom is -0.374 e. The molecule has 1 aromatic carbocycles. The van der Waals surface area contributed by atoms with Gasteiger partial charge in [0.15, 0.2) is 0 Å². The Morgan fingerprint density at radius 1 is 1.29 bits per heavy atom. The van der Waals surface area contributed by atoms with Gasteiger partial charge in [-0.25, -0.2) is 0 Å². The summed E-state index contributed by atoms with van der Waals surface area (Å²) in [6.07, 6.45) is 5.60. The van der Waals surface area contributed by atoms with Crippen LogP contribution in [0.2, 0.25) is 0 Å². The molecule has 2 fully saturated rings. The van der Waals surface area contributed by atoms with E-state index in [1.165, 1.54) is 36.9 Å². The molecule has 0 radical (unpaired) electrons. The molecule has 0 spiro atoms. The van der Waals surface area contributed by atoms with Gasteiger partial charge in [0, 0.05) is 18.3 Å². The maximum atomic E-state index is 6.02. The minimum atomic E-state index is 0.399. The molecule has 1 aromatic rings. The maximum absolute atomic E-state index is 6.02. The lowest BCUT2D eigenvalue weighted by atomic mass is 9.89. The zero-order chi connectivity index (χ0) is 14.7. The summed E-state index contributed by atoms with van der Waals surface area (Å²) in [7, 11) is 0. The largest absolute Gasteiger partial charge is 0.374 e. The number of para-hydroxylation sites is 1. The zero-order valence-electron chi connectivity index (χ0n) is 13.3. The summed E-state index contributed by atoms with van der Waals surface area (Å²) in [5, 5.41) is 3.56. The highest BCUT2D eigenvalue weighted by molar-refractivity contribution is 5.56. The average Bonchev–Trinajstić information content (AvgIpc) is 2.54. The first kappa shape index (κ1) is 14.9. The quantitative estimate of drug-likeness (QED) is 0.917. The van der Waals surface area contributed by atoms with E-state index in [1.54, 1.807) is 0 Å². The molecule has 0 amide bonds. The van der Waals surface area contributed by atoms with E-state index >= 15 is 0 Å². The van der Waals surface area contributed by atoms with E-state index in [4.69, 9.17) is 4.74 Å². The lowest BCUT2D eigenvalue weighted by Crippen LogP contribution is -2.53. The predicted molar refractivity (Wildman–Crippen MR) is 87.9 cm³/mol. The van der Waals surface area contributed by atoms with E-state index in [1.807, 2.05) is 0 Å². The molecule has 3 unspecified atom stereocenters. The Kier molecular flexibility index (Phi) is 4.81. The van der Waals surface area contributed by atoms with Crippen LogP contribution in [0.3, 0.4) is 0 Å². The third kappa shape index (κ3) is 3.09. The summed E-state index contributed by atoms with van der Waals surface area (Å²) in [6, 6.07) is 9.87. The Bertz CT molecular complexity index is 460.